The molecule has 2 atom stereocenters. The first-order valence-corrected chi connectivity index (χ1v) is 6.81. The molecule has 6 heteroatoms. The molecule has 0 saturated carbocycles. The van der Waals surface area contributed by atoms with Crippen molar-refractivity contribution >= 4 is 17.6 Å². The summed E-state index contributed by atoms with van der Waals surface area (Å²) in [6.45, 7) is 4.53. The topological polar surface area (TPSA) is 86.7 Å². The summed E-state index contributed by atoms with van der Waals surface area (Å²) >= 11 is 0. The van der Waals surface area contributed by atoms with Crippen LogP contribution in [0.3, 0.4) is 0 Å². The number of hydrogen-bond donors (Lipinski definition) is 2. The molecule has 0 aromatic rings. The molecule has 1 rings (SSSR count). The van der Waals surface area contributed by atoms with E-state index in [2.05, 4.69) is 0 Å². The van der Waals surface area contributed by atoms with E-state index in [1.54, 1.807) is 4.90 Å². The quantitative estimate of drug-likeness (QED) is 0.324. The van der Waals surface area contributed by atoms with Gasteiger partial charge in [0.1, 0.15) is 5.92 Å². The Bertz CT molecular complexity index is 357. The van der Waals surface area contributed by atoms with Crippen LogP contribution in [0, 0.1) is 5.92 Å². The molecule has 0 unspecified atom stereocenters. The lowest BCUT2D eigenvalue weighted by Gasteiger charge is -2.25. The molecule has 1 saturated heterocycles. The van der Waals surface area contributed by atoms with Crippen LogP contribution in [-0.4, -0.2) is 40.3 Å². The van der Waals surface area contributed by atoms with Gasteiger partial charge in [-0.05, 0) is 26.2 Å². The summed E-state index contributed by atoms with van der Waals surface area (Å²) in [4.78, 5) is 37.1. The van der Waals surface area contributed by atoms with Crippen molar-refractivity contribution in [2.45, 2.75) is 52.0 Å². The van der Waals surface area contributed by atoms with Gasteiger partial charge in [-0.25, -0.2) is 5.48 Å². The Hall–Kier alpha value is -1.43. The number of hydroxylamine groups is 1. The summed E-state index contributed by atoms with van der Waals surface area (Å²) in [5, 5.41) is 8.53. The normalized spacial score (nSPS) is 20.2. The molecule has 0 spiro atoms. The predicted molar refractivity (Wildman–Crippen MR) is 68.4 cm³/mol. The van der Waals surface area contributed by atoms with E-state index in [0.717, 1.165) is 19.3 Å². The molecule has 1 aliphatic rings. The minimum atomic E-state index is -1.11. The molecule has 1 aliphatic heterocycles. The number of unbranched alkanes of at least 4 members (excludes halogenated alkanes) is 1. The maximum absolute atomic E-state index is 12.4. The van der Waals surface area contributed by atoms with E-state index in [1.165, 1.54) is 5.48 Å². The SMILES string of the molecule is CCCC[C@H](C(=O)C(=O)NO)C(=O)N1CCC[C@H]1C. The van der Waals surface area contributed by atoms with Crippen molar-refractivity contribution in [2.24, 2.45) is 5.92 Å². The van der Waals surface area contributed by atoms with Gasteiger partial charge in [0.2, 0.25) is 11.7 Å². The van der Waals surface area contributed by atoms with Crippen molar-refractivity contribution < 1.29 is 19.6 Å². The third-order valence-electron chi connectivity index (χ3n) is 3.62. The van der Waals surface area contributed by atoms with Crippen molar-refractivity contribution in [3.05, 3.63) is 0 Å². The highest BCUT2D eigenvalue weighted by Gasteiger charge is 2.36. The zero-order valence-corrected chi connectivity index (χ0v) is 11.5. The minimum absolute atomic E-state index is 0.113. The van der Waals surface area contributed by atoms with E-state index < -0.39 is 17.6 Å². The van der Waals surface area contributed by atoms with Crippen LogP contribution < -0.4 is 5.48 Å². The third kappa shape index (κ3) is 3.76. The van der Waals surface area contributed by atoms with Gasteiger partial charge in [0, 0.05) is 12.6 Å². The van der Waals surface area contributed by atoms with Crippen LogP contribution >= 0.6 is 0 Å². The summed E-state index contributed by atoms with van der Waals surface area (Å²) in [6, 6.07) is 0.113. The molecule has 0 radical (unpaired) electrons. The second-order valence-corrected chi connectivity index (χ2v) is 5.02. The fourth-order valence-corrected chi connectivity index (χ4v) is 2.45. The predicted octanol–water partition coefficient (Wildman–Crippen LogP) is 0.878. The van der Waals surface area contributed by atoms with E-state index in [4.69, 9.17) is 5.21 Å². The maximum Gasteiger partial charge on any atom is 0.311 e. The van der Waals surface area contributed by atoms with Gasteiger partial charge in [-0.15, -0.1) is 0 Å². The lowest BCUT2D eigenvalue weighted by Crippen LogP contribution is -2.45. The van der Waals surface area contributed by atoms with Crippen molar-refractivity contribution in [1.82, 2.24) is 10.4 Å². The number of nitrogens with zero attached hydrogens (tertiary/aromatic N) is 1. The highest BCUT2D eigenvalue weighted by molar-refractivity contribution is 6.40. The molecule has 2 amide bonds. The molecule has 2 N–H and O–H groups in total. The number of likely N-dealkylation sites (tertiary alicyclic amines) is 1. The van der Waals surface area contributed by atoms with E-state index in [9.17, 15) is 14.4 Å². The van der Waals surface area contributed by atoms with Gasteiger partial charge in [-0.2, -0.15) is 0 Å². The number of carbonyl (C=O) groups excluding carboxylic acids is 3. The standard InChI is InChI=1S/C13H22N2O4/c1-3-4-7-10(11(16)12(17)14-19)13(18)15-8-5-6-9(15)2/h9-10,19H,3-8H2,1-2H3,(H,14,17)/t9-,10-/m1/s1. The summed E-state index contributed by atoms with van der Waals surface area (Å²) in [5.41, 5.74) is 1.32. The Labute approximate surface area is 113 Å². The second kappa shape index (κ2) is 7.23. The second-order valence-electron chi connectivity index (χ2n) is 5.02. The van der Waals surface area contributed by atoms with Crippen LogP contribution in [0.1, 0.15) is 46.0 Å². The fraction of sp³-hybridized carbons (Fsp3) is 0.769. The molecule has 1 heterocycles. The van der Waals surface area contributed by atoms with Gasteiger partial charge in [0.05, 0.1) is 0 Å². The van der Waals surface area contributed by atoms with Gasteiger partial charge in [0.15, 0.2) is 0 Å². The summed E-state index contributed by atoms with van der Waals surface area (Å²) in [7, 11) is 0. The Morgan fingerprint density at radius 3 is 2.58 bits per heavy atom. The number of Topliss-reactive ketones (excluding diaryl/α,β-unsaturated/α-hetero) is 1. The van der Waals surface area contributed by atoms with E-state index in [0.29, 0.717) is 19.4 Å². The first-order valence-electron chi connectivity index (χ1n) is 6.81. The molecule has 1 fully saturated rings. The lowest BCUT2D eigenvalue weighted by molar-refractivity contribution is -0.151. The molecule has 0 aromatic carbocycles. The Morgan fingerprint density at radius 2 is 2.11 bits per heavy atom. The monoisotopic (exact) mass is 270 g/mol. The maximum atomic E-state index is 12.4. The molecule has 6 nitrogen and oxygen atoms in total. The van der Waals surface area contributed by atoms with Crippen LogP contribution in [0.5, 0.6) is 0 Å². The third-order valence-corrected chi connectivity index (χ3v) is 3.62. The Kier molecular flexibility index (Phi) is 5.95. The average molecular weight is 270 g/mol. The highest BCUT2D eigenvalue weighted by Crippen LogP contribution is 2.22. The number of nitrogens with one attached hydrogen (secondary N) is 1. The molecule has 108 valence electrons. The smallest absolute Gasteiger partial charge is 0.311 e. The number of amides is 2. The Balaban J connectivity index is 2.80. The Morgan fingerprint density at radius 1 is 1.42 bits per heavy atom. The number of rotatable bonds is 6. The highest BCUT2D eigenvalue weighted by atomic mass is 16.5. The van der Waals surface area contributed by atoms with E-state index in [-0.39, 0.29) is 11.9 Å². The van der Waals surface area contributed by atoms with Gasteiger partial charge < -0.3 is 4.90 Å². The van der Waals surface area contributed by atoms with Gasteiger partial charge in [-0.1, -0.05) is 19.8 Å². The van der Waals surface area contributed by atoms with Crippen molar-refractivity contribution in [2.75, 3.05) is 6.54 Å². The van der Waals surface area contributed by atoms with Gasteiger partial charge in [0.25, 0.3) is 0 Å². The molecule has 0 aliphatic carbocycles. The van der Waals surface area contributed by atoms with Crippen LogP contribution in [0.25, 0.3) is 0 Å². The fourth-order valence-electron chi connectivity index (χ4n) is 2.45. The van der Waals surface area contributed by atoms with Crippen LogP contribution in [0.4, 0.5) is 0 Å². The number of hydrogen-bond acceptors (Lipinski definition) is 4. The van der Waals surface area contributed by atoms with E-state index in [1.807, 2.05) is 13.8 Å². The van der Waals surface area contributed by atoms with Gasteiger partial charge >= 0.3 is 5.91 Å². The molecule has 0 aromatic heterocycles. The largest absolute Gasteiger partial charge is 0.339 e. The average Bonchev–Trinajstić information content (AvgIpc) is 2.83. The summed E-state index contributed by atoms with van der Waals surface area (Å²) in [5.74, 6) is -3.21. The summed E-state index contributed by atoms with van der Waals surface area (Å²) < 4.78 is 0. The van der Waals surface area contributed by atoms with Crippen LogP contribution in [0.2, 0.25) is 0 Å². The zero-order valence-electron chi connectivity index (χ0n) is 11.5. The lowest BCUT2D eigenvalue weighted by atomic mass is 9.95. The van der Waals surface area contributed by atoms with Crippen molar-refractivity contribution in [1.29, 1.82) is 0 Å². The number of ketones is 1. The summed E-state index contributed by atoms with van der Waals surface area (Å²) in [6.07, 6.45) is 3.74. The van der Waals surface area contributed by atoms with Crippen LogP contribution in [-0.2, 0) is 14.4 Å². The first kappa shape index (κ1) is 15.6. The van der Waals surface area contributed by atoms with Crippen molar-refractivity contribution in [3.63, 3.8) is 0 Å². The van der Waals surface area contributed by atoms with Crippen molar-refractivity contribution in [3.8, 4) is 0 Å². The zero-order chi connectivity index (χ0) is 14.4. The molecular weight excluding hydrogens is 248 g/mol. The van der Waals surface area contributed by atoms with Crippen LogP contribution in [0.15, 0.2) is 0 Å². The molecule has 19 heavy (non-hydrogen) atoms. The van der Waals surface area contributed by atoms with Gasteiger partial charge in [-0.3, -0.25) is 19.6 Å². The molecule has 0 bridgehead atoms. The molecular formula is C13H22N2O4. The van der Waals surface area contributed by atoms with E-state index >= 15 is 0 Å². The number of carbonyl (C=O) groups is 3. The first-order chi connectivity index (χ1) is 9.02. The minimum Gasteiger partial charge on any atom is -0.339 e.